The van der Waals surface area contributed by atoms with Crippen molar-refractivity contribution in [2.24, 2.45) is 7.05 Å². The molecule has 19 heavy (non-hydrogen) atoms. The largest absolute Gasteiger partial charge is 0.383 e. The molecule has 0 radical (unpaired) electrons. The highest BCUT2D eigenvalue weighted by molar-refractivity contribution is 6.07. The topological polar surface area (TPSA) is 97.6 Å². The van der Waals surface area contributed by atoms with Gasteiger partial charge in [0.2, 0.25) is 0 Å². The van der Waals surface area contributed by atoms with Crippen molar-refractivity contribution < 1.29 is 4.79 Å². The van der Waals surface area contributed by atoms with Crippen LogP contribution in [0.3, 0.4) is 0 Å². The summed E-state index contributed by atoms with van der Waals surface area (Å²) in [5.74, 6) is -0.125. The summed E-state index contributed by atoms with van der Waals surface area (Å²) in [7, 11) is 1.63. The number of amides is 1. The average molecular weight is 261 g/mol. The number of pyridine rings is 1. The van der Waals surface area contributed by atoms with Gasteiger partial charge in [0, 0.05) is 12.7 Å². The third-order valence-corrected chi connectivity index (χ3v) is 2.36. The lowest BCUT2D eigenvalue weighted by molar-refractivity contribution is 0.102. The quantitative estimate of drug-likeness (QED) is 0.821. The van der Waals surface area contributed by atoms with Crippen LogP contribution in [-0.4, -0.2) is 37.6 Å². The fourth-order valence-corrected chi connectivity index (χ4v) is 1.50. The van der Waals surface area contributed by atoms with Crippen molar-refractivity contribution >= 4 is 17.5 Å². The maximum absolute atomic E-state index is 12.1. The van der Waals surface area contributed by atoms with Crippen LogP contribution in [0.1, 0.15) is 23.7 Å². The number of aromatic nitrogens is 5. The van der Waals surface area contributed by atoms with E-state index in [1.54, 1.807) is 25.5 Å². The molecule has 0 saturated heterocycles. The molecule has 100 valence electrons. The van der Waals surface area contributed by atoms with E-state index in [1.165, 1.54) is 4.80 Å². The zero-order valence-electron chi connectivity index (χ0n) is 10.8. The second-order valence-electron chi connectivity index (χ2n) is 3.90. The van der Waals surface area contributed by atoms with Gasteiger partial charge >= 0.3 is 0 Å². The molecule has 0 spiro atoms. The third-order valence-electron chi connectivity index (χ3n) is 2.36. The molecule has 2 aromatic heterocycles. The van der Waals surface area contributed by atoms with Gasteiger partial charge in [0.1, 0.15) is 0 Å². The van der Waals surface area contributed by atoms with Crippen LogP contribution in [0, 0.1) is 0 Å². The van der Waals surface area contributed by atoms with E-state index < -0.39 is 0 Å². The molecular weight excluding hydrogens is 246 g/mol. The molecule has 0 saturated carbocycles. The molecular formula is C11H15N7O. The Labute approximate surface area is 110 Å². The summed E-state index contributed by atoms with van der Waals surface area (Å²) in [4.78, 5) is 17.4. The second-order valence-corrected chi connectivity index (χ2v) is 3.90. The molecule has 8 nitrogen and oxygen atoms in total. The summed E-state index contributed by atoms with van der Waals surface area (Å²) in [5.41, 5.74) is 1.18. The SMILES string of the molecule is CCCNc1cnccc1C(=O)Nc1nnn(C)n1. The molecule has 0 aliphatic heterocycles. The number of anilines is 2. The minimum Gasteiger partial charge on any atom is -0.383 e. The number of carbonyl (C=O) groups excluding carboxylic acids is 1. The minimum absolute atomic E-state index is 0.172. The monoisotopic (exact) mass is 261 g/mol. The third kappa shape index (κ3) is 3.24. The van der Waals surface area contributed by atoms with E-state index in [0.717, 1.165) is 13.0 Å². The van der Waals surface area contributed by atoms with Gasteiger partial charge in [-0.1, -0.05) is 12.0 Å². The van der Waals surface area contributed by atoms with Gasteiger partial charge in [-0.3, -0.25) is 15.1 Å². The summed E-state index contributed by atoms with van der Waals surface area (Å²) in [6.07, 6.45) is 4.15. The Hall–Kier alpha value is -2.51. The van der Waals surface area contributed by atoms with Crippen LogP contribution in [0.15, 0.2) is 18.5 Å². The number of nitrogens with one attached hydrogen (secondary N) is 2. The molecule has 0 aliphatic carbocycles. The molecule has 1 amide bonds. The van der Waals surface area contributed by atoms with E-state index >= 15 is 0 Å². The van der Waals surface area contributed by atoms with Crippen molar-refractivity contribution in [3.63, 3.8) is 0 Å². The lowest BCUT2D eigenvalue weighted by Crippen LogP contribution is -2.16. The van der Waals surface area contributed by atoms with Gasteiger partial charge in [-0.25, -0.2) is 0 Å². The number of nitrogens with zero attached hydrogens (tertiary/aromatic N) is 5. The predicted octanol–water partition coefficient (Wildman–Crippen LogP) is 0.679. The fraction of sp³-hybridized carbons (Fsp3) is 0.364. The molecule has 2 aromatic rings. The summed E-state index contributed by atoms with van der Waals surface area (Å²) in [6.45, 7) is 2.82. The zero-order valence-corrected chi connectivity index (χ0v) is 10.8. The molecule has 0 aliphatic rings. The van der Waals surface area contributed by atoms with E-state index in [0.29, 0.717) is 11.3 Å². The van der Waals surface area contributed by atoms with Crippen molar-refractivity contribution in [1.29, 1.82) is 0 Å². The van der Waals surface area contributed by atoms with Crippen LogP contribution in [0.2, 0.25) is 0 Å². The Morgan fingerprint density at radius 3 is 3.00 bits per heavy atom. The fourth-order valence-electron chi connectivity index (χ4n) is 1.50. The van der Waals surface area contributed by atoms with E-state index in [9.17, 15) is 4.79 Å². The van der Waals surface area contributed by atoms with Crippen molar-refractivity contribution in [2.45, 2.75) is 13.3 Å². The van der Waals surface area contributed by atoms with Crippen LogP contribution >= 0.6 is 0 Å². The zero-order chi connectivity index (χ0) is 13.7. The first-order chi connectivity index (χ1) is 9.20. The maximum atomic E-state index is 12.1. The first-order valence-corrected chi connectivity index (χ1v) is 5.94. The van der Waals surface area contributed by atoms with Crippen LogP contribution in [-0.2, 0) is 7.05 Å². The van der Waals surface area contributed by atoms with Crippen LogP contribution < -0.4 is 10.6 Å². The van der Waals surface area contributed by atoms with E-state index in [2.05, 4.69) is 31.0 Å². The summed E-state index contributed by atoms with van der Waals surface area (Å²) in [5, 5.41) is 17.0. The standard InChI is InChI=1S/C11H15N7O/c1-3-5-13-9-7-12-6-4-8(9)10(19)14-11-15-17-18(2)16-11/h4,6-7,13H,3,5H2,1-2H3,(H,14,16,19). The normalized spacial score (nSPS) is 10.2. The Morgan fingerprint density at radius 2 is 2.32 bits per heavy atom. The average Bonchev–Trinajstić information content (AvgIpc) is 2.82. The molecule has 0 aromatic carbocycles. The van der Waals surface area contributed by atoms with Gasteiger partial charge in [-0.2, -0.15) is 4.80 Å². The molecule has 8 heteroatoms. The van der Waals surface area contributed by atoms with Gasteiger partial charge in [-0.05, 0) is 17.7 Å². The summed E-state index contributed by atoms with van der Waals surface area (Å²) < 4.78 is 0. The first-order valence-electron chi connectivity index (χ1n) is 5.94. The highest BCUT2D eigenvalue weighted by atomic mass is 16.1. The Kier molecular flexibility index (Phi) is 4.01. The molecule has 0 fully saturated rings. The Bertz CT molecular complexity index is 566. The predicted molar refractivity (Wildman–Crippen MR) is 69.8 cm³/mol. The number of rotatable bonds is 5. The van der Waals surface area contributed by atoms with E-state index in [4.69, 9.17) is 0 Å². The lowest BCUT2D eigenvalue weighted by atomic mass is 10.2. The van der Waals surface area contributed by atoms with Crippen LogP contribution in [0.25, 0.3) is 0 Å². The Morgan fingerprint density at radius 1 is 1.47 bits per heavy atom. The Balaban J connectivity index is 2.14. The van der Waals surface area contributed by atoms with Gasteiger partial charge in [-0.15, -0.1) is 5.10 Å². The molecule has 0 bridgehead atoms. The molecule has 2 heterocycles. The van der Waals surface area contributed by atoms with Crippen LogP contribution in [0.4, 0.5) is 11.6 Å². The number of tetrazole rings is 1. The second kappa shape index (κ2) is 5.89. The van der Waals surface area contributed by atoms with Crippen molar-refractivity contribution in [3.8, 4) is 0 Å². The molecule has 2 N–H and O–H groups in total. The van der Waals surface area contributed by atoms with E-state index in [1.807, 2.05) is 6.92 Å². The number of carbonyl (C=O) groups is 1. The summed E-state index contributed by atoms with van der Waals surface area (Å²) >= 11 is 0. The molecule has 0 unspecified atom stereocenters. The van der Waals surface area contributed by atoms with Gasteiger partial charge in [0.15, 0.2) is 0 Å². The van der Waals surface area contributed by atoms with Gasteiger partial charge in [0.05, 0.1) is 24.5 Å². The first kappa shape index (κ1) is 12.9. The number of hydrogen-bond acceptors (Lipinski definition) is 6. The van der Waals surface area contributed by atoms with E-state index in [-0.39, 0.29) is 11.9 Å². The van der Waals surface area contributed by atoms with Crippen molar-refractivity contribution in [1.82, 2.24) is 25.2 Å². The number of aryl methyl sites for hydroxylation is 1. The lowest BCUT2D eigenvalue weighted by Gasteiger charge is -2.09. The number of hydrogen-bond donors (Lipinski definition) is 2. The van der Waals surface area contributed by atoms with Crippen molar-refractivity contribution in [3.05, 3.63) is 24.0 Å². The maximum Gasteiger partial charge on any atom is 0.270 e. The minimum atomic E-state index is -0.297. The highest BCUT2D eigenvalue weighted by Crippen LogP contribution is 2.14. The molecule has 2 rings (SSSR count). The van der Waals surface area contributed by atoms with Crippen molar-refractivity contribution in [2.75, 3.05) is 17.2 Å². The van der Waals surface area contributed by atoms with Crippen LogP contribution in [0.5, 0.6) is 0 Å². The highest BCUT2D eigenvalue weighted by Gasteiger charge is 2.13. The van der Waals surface area contributed by atoms with Gasteiger partial charge in [0.25, 0.3) is 11.9 Å². The van der Waals surface area contributed by atoms with Gasteiger partial charge < -0.3 is 5.32 Å². The molecule has 0 atom stereocenters. The summed E-state index contributed by atoms with van der Waals surface area (Å²) in [6, 6.07) is 1.64. The smallest absolute Gasteiger partial charge is 0.270 e.